The number of nitrogen functional groups attached to an aromatic ring is 1. The summed E-state index contributed by atoms with van der Waals surface area (Å²) in [5, 5.41) is 3.34. The number of fused-ring (bicyclic) bond motifs is 1. The van der Waals surface area contributed by atoms with Crippen molar-refractivity contribution in [3.8, 4) is 0 Å². The van der Waals surface area contributed by atoms with Gasteiger partial charge in [-0.2, -0.15) is 0 Å². The Bertz CT molecular complexity index is 434. The van der Waals surface area contributed by atoms with E-state index in [4.69, 9.17) is 5.73 Å². The van der Waals surface area contributed by atoms with Crippen molar-refractivity contribution in [2.75, 3.05) is 12.8 Å². The van der Waals surface area contributed by atoms with Crippen molar-refractivity contribution in [1.82, 2.24) is 5.32 Å². The highest BCUT2D eigenvalue weighted by molar-refractivity contribution is 7.16. The van der Waals surface area contributed by atoms with Gasteiger partial charge in [0.05, 0.1) is 10.6 Å². The number of anilines is 1. The molecule has 0 fully saturated rings. The number of thiophene rings is 1. The van der Waals surface area contributed by atoms with E-state index in [9.17, 15) is 4.79 Å². The third-order valence-corrected chi connectivity index (χ3v) is 4.32. The first kappa shape index (κ1) is 11.5. The van der Waals surface area contributed by atoms with Crippen molar-refractivity contribution in [3.05, 3.63) is 16.0 Å². The molecule has 0 bridgehead atoms. The number of hydrogen-bond donors (Lipinski definition) is 2. The van der Waals surface area contributed by atoms with E-state index in [1.807, 2.05) is 0 Å². The number of carbonyl (C=O) groups is 1. The number of amides is 1. The minimum absolute atomic E-state index is 0.0466. The van der Waals surface area contributed by atoms with E-state index < -0.39 is 0 Å². The SMILES string of the molecule is CNC(=O)c1c(N)sc2c1CCC(C)(C)C2. The highest BCUT2D eigenvalue weighted by Crippen LogP contribution is 2.42. The molecule has 0 aromatic carbocycles. The number of carbonyl (C=O) groups excluding carboxylic acids is 1. The highest BCUT2D eigenvalue weighted by Gasteiger charge is 2.31. The van der Waals surface area contributed by atoms with Gasteiger partial charge in [0.15, 0.2) is 0 Å². The Morgan fingerprint density at radius 2 is 2.19 bits per heavy atom. The normalized spacial score (nSPS) is 17.9. The predicted molar refractivity (Wildman–Crippen MR) is 67.9 cm³/mol. The van der Waals surface area contributed by atoms with E-state index in [2.05, 4.69) is 19.2 Å². The Morgan fingerprint density at radius 3 is 2.81 bits per heavy atom. The van der Waals surface area contributed by atoms with Crippen LogP contribution in [-0.2, 0) is 12.8 Å². The summed E-state index contributed by atoms with van der Waals surface area (Å²) in [7, 11) is 1.65. The Kier molecular flexibility index (Phi) is 2.70. The summed E-state index contributed by atoms with van der Waals surface area (Å²) in [5.74, 6) is -0.0466. The molecule has 2 rings (SSSR count). The van der Waals surface area contributed by atoms with Crippen molar-refractivity contribution in [3.63, 3.8) is 0 Å². The van der Waals surface area contributed by atoms with Gasteiger partial charge in [0.2, 0.25) is 0 Å². The summed E-state index contributed by atoms with van der Waals surface area (Å²) in [5.41, 5.74) is 8.18. The highest BCUT2D eigenvalue weighted by atomic mass is 32.1. The van der Waals surface area contributed by atoms with Crippen LogP contribution in [0.4, 0.5) is 5.00 Å². The molecule has 16 heavy (non-hydrogen) atoms. The number of nitrogens with two attached hydrogens (primary N) is 1. The zero-order chi connectivity index (χ0) is 11.9. The van der Waals surface area contributed by atoms with Gasteiger partial charge in [-0.1, -0.05) is 13.8 Å². The summed E-state index contributed by atoms with van der Waals surface area (Å²) in [4.78, 5) is 13.0. The van der Waals surface area contributed by atoms with Gasteiger partial charge in [0.1, 0.15) is 0 Å². The lowest BCUT2D eigenvalue weighted by molar-refractivity contribution is 0.0962. The molecule has 1 aliphatic rings. The Morgan fingerprint density at radius 1 is 1.50 bits per heavy atom. The molecular weight excluding hydrogens is 220 g/mol. The Labute approximate surface area is 100 Å². The molecular formula is C12H18N2OS. The standard InChI is InChI=1S/C12H18N2OS/c1-12(2)5-4-7-8(6-12)16-10(13)9(7)11(15)14-3/h4-6,13H2,1-3H3,(H,14,15). The molecule has 1 aromatic rings. The van der Waals surface area contributed by atoms with Crippen LogP contribution in [-0.4, -0.2) is 13.0 Å². The first-order valence-electron chi connectivity index (χ1n) is 5.57. The number of rotatable bonds is 1. The summed E-state index contributed by atoms with van der Waals surface area (Å²) in [6.45, 7) is 4.54. The molecule has 1 heterocycles. The van der Waals surface area contributed by atoms with Crippen LogP contribution in [0.25, 0.3) is 0 Å². The summed E-state index contributed by atoms with van der Waals surface area (Å²) in [6, 6.07) is 0. The van der Waals surface area contributed by atoms with Gasteiger partial charge in [-0.25, -0.2) is 0 Å². The molecule has 0 saturated heterocycles. The van der Waals surface area contributed by atoms with Gasteiger partial charge in [0, 0.05) is 11.9 Å². The summed E-state index contributed by atoms with van der Waals surface area (Å²) >= 11 is 1.58. The lowest BCUT2D eigenvalue weighted by atomic mass is 9.77. The van der Waals surface area contributed by atoms with Crippen LogP contribution < -0.4 is 11.1 Å². The predicted octanol–water partition coefficient (Wildman–Crippen LogP) is 2.20. The summed E-state index contributed by atoms with van der Waals surface area (Å²) in [6.07, 6.45) is 3.13. The third kappa shape index (κ3) is 1.82. The third-order valence-electron chi connectivity index (χ3n) is 3.26. The maximum atomic E-state index is 11.7. The van der Waals surface area contributed by atoms with E-state index in [0.717, 1.165) is 24.8 Å². The quantitative estimate of drug-likeness (QED) is 0.788. The Hall–Kier alpha value is -1.03. The van der Waals surface area contributed by atoms with Crippen LogP contribution in [0.2, 0.25) is 0 Å². The first-order chi connectivity index (χ1) is 7.44. The van der Waals surface area contributed by atoms with Gasteiger partial charge < -0.3 is 11.1 Å². The Balaban J connectivity index is 2.44. The lowest BCUT2D eigenvalue weighted by Crippen LogP contribution is -2.24. The minimum Gasteiger partial charge on any atom is -0.390 e. The zero-order valence-electron chi connectivity index (χ0n) is 10.0. The van der Waals surface area contributed by atoms with Gasteiger partial charge in [-0.3, -0.25) is 4.79 Å². The molecule has 0 unspecified atom stereocenters. The van der Waals surface area contributed by atoms with E-state index in [0.29, 0.717) is 10.4 Å². The average Bonchev–Trinajstić information content (AvgIpc) is 2.50. The van der Waals surface area contributed by atoms with Crippen LogP contribution in [0.15, 0.2) is 0 Å². The largest absolute Gasteiger partial charge is 0.390 e. The van der Waals surface area contributed by atoms with Gasteiger partial charge >= 0.3 is 0 Å². The van der Waals surface area contributed by atoms with Crippen LogP contribution in [0, 0.1) is 5.41 Å². The van der Waals surface area contributed by atoms with Crippen molar-refractivity contribution in [2.24, 2.45) is 5.41 Å². The summed E-state index contributed by atoms with van der Waals surface area (Å²) < 4.78 is 0. The smallest absolute Gasteiger partial charge is 0.254 e. The second-order valence-electron chi connectivity index (χ2n) is 5.16. The molecule has 0 spiro atoms. The van der Waals surface area contributed by atoms with Gasteiger partial charge in [-0.05, 0) is 30.2 Å². The fourth-order valence-electron chi connectivity index (χ4n) is 2.30. The van der Waals surface area contributed by atoms with E-state index in [1.54, 1.807) is 18.4 Å². The van der Waals surface area contributed by atoms with Gasteiger partial charge in [0.25, 0.3) is 5.91 Å². The van der Waals surface area contributed by atoms with Crippen molar-refractivity contribution >= 4 is 22.2 Å². The fraction of sp³-hybridized carbons (Fsp3) is 0.583. The molecule has 3 nitrogen and oxygen atoms in total. The number of nitrogens with one attached hydrogen (secondary N) is 1. The average molecular weight is 238 g/mol. The topological polar surface area (TPSA) is 55.1 Å². The number of hydrogen-bond acceptors (Lipinski definition) is 3. The molecule has 0 saturated carbocycles. The van der Waals surface area contributed by atoms with Crippen molar-refractivity contribution in [1.29, 1.82) is 0 Å². The molecule has 1 amide bonds. The molecule has 1 aliphatic carbocycles. The maximum Gasteiger partial charge on any atom is 0.254 e. The molecule has 0 radical (unpaired) electrons. The van der Waals surface area contributed by atoms with E-state index >= 15 is 0 Å². The maximum absolute atomic E-state index is 11.7. The van der Waals surface area contributed by atoms with Crippen LogP contribution in [0.1, 0.15) is 41.1 Å². The van der Waals surface area contributed by atoms with Crippen molar-refractivity contribution < 1.29 is 4.79 Å². The zero-order valence-corrected chi connectivity index (χ0v) is 10.8. The van der Waals surface area contributed by atoms with Gasteiger partial charge in [-0.15, -0.1) is 11.3 Å². The fourth-order valence-corrected chi connectivity index (χ4v) is 3.67. The molecule has 1 aromatic heterocycles. The molecule has 88 valence electrons. The van der Waals surface area contributed by atoms with Crippen LogP contribution in [0.5, 0.6) is 0 Å². The lowest BCUT2D eigenvalue weighted by Gasteiger charge is -2.29. The molecule has 3 N–H and O–H groups in total. The molecule has 0 atom stereocenters. The monoisotopic (exact) mass is 238 g/mol. The molecule has 4 heteroatoms. The minimum atomic E-state index is -0.0466. The first-order valence-corrected chi connectivity index (χ1v) is 6.38. The van der Waals surface area contributed by atoms with Crippen molar-refractivity contribution in [2.45, 2.75) is 33.1 Å². The van der Waals surface area contributed by atoms with Crippen LogP contribution >= 0.6 is 11.3 Å². The van der Waals surface area contributed by atoms with E-state index in [1.165, 1.54) is 10.4 Å². The van der Waals surface area contributed by atoms with E-state index in [-0.39, 0.29) is 5.91 Å². The molecule has 0 aliphatic heterocycles. The second-order valence-corrected chi connectivity index (χ2v) is 6.30. The second kappa shape index (κ2) is 3.77. The van der Waals surface area contributed by atoms with Crippen LogP contribution in [0.3, 0.4) is 0 Å².